The van der Waals surface area contributed by atoms with Crippen molar-refractivity contribution in [2.24, 2.45) is 0 Å². The molecule has 1 aromatic carbocycles. The number of carbonyl (C=O) groups is 1. The maximum Gasteiger partial charge on any atom is 0.222 e. The highest BCUT2D eigenvalue weighted by Gasteiger charge is 2.21. The van der Waals surface area contributed by atoms with Gasteiger partial charge in [0.15, 0.2) is 0 Å². The quantitative estimate of drug-likeness (QED) is 0.870. The van der Waals surface area contributed by atoms with Crippen LogP contribution in [-0.4, -0.2) is 41.6 Å². The lowest BCUT2D eigenvalue weighted by atomic mass is 10.2. The highest BCUT2D eigenvalue weighted by Crippen LogP contribution is 2.29. The number of rotatable bonds is 3. The molecule has 0 bridgehead atoms. The SMILES string of the molecule is CCC(=O)N1CCN(c2ccc(-n3cccc3)cc2Cl)CC1. The third-order valence-corrected chi connectivity index (χ3v) is 4.41. The average Bonchev–Trinajstić information content (AvgIpc) is 3.09. The van der Waals surface area contributed by atoms with Gasteiger partial charge in [-0.2, -0.15) is 0 Å². The summed E-state index contributed by atoms with van der Waals surface area (Å²) in [7, 11) is 0. The molecule has 116 valence electrons. The summed E-state index contributed by atoms with van der Waals surface area (Å²) < 4.78 is 2.04. The van der Waals surface area contributed by atoms with Gasteiger partial charge in [-0.25, -0.2) is 0 Å². The second kappa shape index (κ2) is 6.44. The molecular weight excluding hydrogens is 298 g/mol. The molecule has 1 fully saturated rings. The standard InChI is InChI=1S/C17H20ClN3O/c1-2-17(22)21-11-9-20(10-12-21)16-6-5-14(13-15(16)18)19-7-3-4-8-19/h3-8,13H,2,9-12H2,1H3. The van der Waals surface area contributed by atoms with Gasteiger partial charge in [0.25, 0.3) is 0 Å². The maximum absolute atomic E-state index is 11.7. The van der Waals surface area contributed by atoms with Gasteiger partial charge < -0.3 is 14.4 Å². The van der Waals surface area contributed by atoms with Gasteiger partial charge in [-0.1, -0.05) is 18.5 Å². The first-order valence-electron chi connectivity index (χ1n) is 7.64. The molecule has 0 atom stereocenters. The van der Waals surface area contributed by atoms with Crippen LogP contribution in [0, 0.1) is 0 Å². The average molecular weight is 318 g/mol. The van der Waals surface area contributed by atoms with Crippen LogP contribution in [0.1, 0.15) is 13.3 Å². The van der Waals surface area contributed by atoms with E-state index < -0.39 is 0 Å². The number of hydrogen-bond acceptors (Lipinski definition) is 2. The predicted octanol–water partition coefficient (Wildman–Crippen LogP) is 3.19. The Morgan fingerprint density at radius 1 is 1.14 bits per heavy atom. The molecule has 0 aliphatic carbocycles. The molecule has 0 unspecified atom stereocenters. The zero-order valence-electron chi connectivity index (χ0n) is 12.7. The van der Waals surface area contributed by atoms with Crippen LogP contribution in [0.3, 0.4) is 0 Å². The van der Waals surface area contributed by atoms with Gasteiger partial charge in [0.05, 0.1) is 10.7 Å². The molecule has 4 nitrogen and oxygen atoms in total. The van der Waals surface area contributed by atoms with Gasteiger partial charge in [-0.15, -0.1) is 0 Å². The number of piperazine rings is 1. The summed E-state index contributed by atoms with van der Waals surface area (Å²) >= 11 is 6.47. The molecule has 1 saturated heterocycles. The number of aromatic nitrogens is 1. The zero-order valence-corrected chi connectivity index (χ0v) is 13.5. The van der Waals surface area contributed by atoms with Gasteiger partial charge in [0, 0.05) is 50.7 Å². The van der Waals surface area contributed by atoms with Crippen molar-refractivity contribution in [3.63, 3.8) is 0 Å². The first-order valence-corrected chi connectivity index (χ1v) is 8.02. The van der Waals surface area contributed by atoms with Crippen molar-refractivity contribution in [2.75, 3.05) is 31.1 Å². The fraction of sp³-hybridized carbons (Fsp3) is 0.353. The minimum atomic E-state index is 0.230. The number of amides is 1. The van der Waals surface area contributed by atoms with Crippen LogP contribution in [-0.2, 0) is 4.79 Å². The van der Waals surface area contributed by atoms with E-state index in [9.17, 15) is 4.79 Å². The summed E-state index contributed by atoms with van der Waals surface area (Å²) in [6.45, 7) is 5.10. The molecule has 5 heteroatoms. The lowest BCUT2D eigenvalue weighted by molar-refractivity contribution is -0.131. The van der Waals surface area contributed by atoms with E-state index in [1.54, 1.807) is 0 Å². The smallest absolute Gasteiger partial charge is 0.222 e. The van der Waals surface area contributed by atoms with Crippen molar-refractivity contribution in [2.45, 2.75) is 13.3 Å². The molecule has 0 radical (unpaired) electrons. The first-order chi connectivity index (χ1) is 10.7. The monoisotopic (exact) mass is 317 g/mol. The number of hydrogen-bond donors (Lipinski definition) is 0. The van der Waals surface area contributed by atoms with Gasteiger partial charge >= 0.3 is 0 Å². The van der Waals surface area contributed by atoms with E-state index in [0.29, 0.717) is 6.42 Å². The van der Waals surface area contributed by atoms with Crippen molar-refractivity contribution in [1.29, 1.82) is 0 Å². The minimum absolute atomic E-state index is 0.230. The van der Waals surface area contributed by atoms with Gasteiger partial charge in [0.1, 0.15) is 0 Å². The van der Waals surface area contributed by atoms with E-state index >= 15 is 0 Å². The van der Waals surface area contributed by atoms with Crippen molar-refractivity contribution < 1.29 is 4.79 Å². The van der Waals surface area contributed by atoms with Crippen LogP contribution >= 0.6 is 11.6 Å². The second-order valence-electron chi connectivity index (χ2n) is 5.45. The highest BCUT2D eigenvalue weighted by atomic mass is 35.5. The summed E-state index contributed by atoms with van der Waals surface area (Å²) in [6.07, 6.45) is 4.58. The number of anilines is 1. The second-order valence-corrected chi connectivity index (χ2v) is 5.85. The van der Waals surface area contributed by atoms with E-state index in [0.717, 1.165) is 42.6 Å². The molecule has 1 aliphatic rings. The van der Waals surface area contributed by atoms with Crippen LogP contribution in [0.25, 0.3) is 5.69 Å². The lowest BCUT2D eigenvalue weighted by Gasteiger charge is -2.36. The van der Waals surface area contributed by atoms with E-state index in [4.69, 9.17) is 11.6 Å². The molecule has 1 aliphatic heterocycles. The Balaban J connectivity index is 1.72. The molecule has 1 aromatic heterocycles. The normalized spacial score (nSPS) is 15.2. The number of halogens is 1. The first kappa shape index (κ1) is 15.0. The molecule has 3 rings (SSSR count). The number of carbonyl (C=O) groups excluding carboxylic acids is 1. The molecule has 0 saturated carbocycles. The van der Waals surface area contributed by atoms with Gasteiger partial charge in [-0.3, -0.25) is 4.79 Å². The minimum Gasteiger partial charge on any atom is -0.367 e. The van der Waals surface area contributed by atoms with Crippen molar-refractivity contribution in [1.82, 2.24) is 9.47 Å². The van der Waals surface area contributed by atoms with Crippen LogP contribution in [0.15, 0.2) is 42.7 Å². The summed E-state index contributed by atoms with van der Waals surface area (Å²) in [4.78, 5) is 15.9. The Kier molecular flexibility index (Phi) is 4.39. The molecule has 0 spiro atoms. The topological polar surface area (TPSA) is 28.5 Å². The predicted molar refractivity (Wildman–Crippen MR) is 89.9 cm³/mol. The van der Waals surface area contributed by atoms with E-state index in [1.165, 1.54) is 0 Å². The van der Waals surface area contributed by atoms with E-state index in [2.05, 4.69) is 17.0 Å². The Labute approximate surface area is 135 Å². The van der Waals surface area contributed by atoms with E-state index in [-0.39, 0.29) is 5.91 Å². The molecule has 2 aromatic rings. The lowest BCUT2D eigenvalue weighted by Crippen LogP contribution is -2.48. The van der Waals surface area contributed by atoms with Crippen molar-refractivity contribution in [3.8, 4) is 5.69 Å². The van der Waals surface area contributed by atoms with Crippen LogP contribution in [0.4, 0.5) is 5.69 Å². The van der Waals surface area contributed by atoms with Crippen molar-refractivity contribution in [3.05, 3.63) is 47.7 Å². The number of nitrogens with zero attached hydrogens (tertiary/aromatic N) is 3. The summed E-state index contributed by atoms with van der Waals surface area (Å²) in [6, 6.07) is 10.1. The summed E-state index contributed by atoms with van der Waals surface area (Å²) in [5.74, 6) is 0.230. The van der Waals surface area contributed by atoms with E-state index in [1.807, 2.05) is 47.0 Å². The number of benzene rings is 1. The highest BCUT2D eigenvalue weighted by molar-refractivity contribution is 6.33. The Bertz CT molecular complexity index is 646. The molecule has 22 heavy (non-hydrogen) atoms. The third kappa shape index (κ3) is 2.97. The molecule has 1 amide bonds. The van der Waals surface area contributed by atoms with Crippen LogP contribution in [0.2, 0.25) is 5.02 Å². The molecule has 0 N–H and O–H groups in total. The largest absolute Gasteiger partial charge is 0.367 e. The molecular formula is C17H20ClN3O. The summed E-state index contributed by atoms with van der Waals surface area (Å²) in [5.41, 5.74) is 2.10. The van der Waals surface area contributed by atoms with Gasteiger partial charge in [-0.05, 0) is 30.3 Å². The fourth-order valence-corrected chi connectivity index (χ4v) is 3.13. The van der Waals surface area contributed by atoms with Crippen LogP contribution < -0.4 is 4.90 Å². The molecule has 2 heterocycles. The zero-order chi connectivity index (χ0) is 15.5. The van der Waals surface area contributed by atoms with Gasteiger partial charge in [0.2, 0.25) is 5.91 Å². The Morgan fingerprint density at radius 3 is 2.41 bits per heavy atom. The maximum atomic E-state index is 11.7. The summed E-state index contributed by atoms with van der Waals surface area (Å²) in [5, 5.41) is 0.751. The Hall–Kier alpha value is -1.94. The Morgan fingerprint density at radius 2 is 1.82 bits per heavy atom. The van der Waals surface area contributed by atoms with Crippen molar-refractivity contribution >= 4 is 23.2 Å². The third-order valence-electron chi connectivity index (χ3n) is 4.11. The van der Waals surface area contributed by atoms with Crippen LogP contribution in [0.5, 0.6) is 0 Å². The fourth-order valence-electron chi connectivity index (χ4n) is 2.84.